The Morgan fingerprint density at radius 3 is 2.71 bits per heavy atom. The zero-order chi connectivity index (χ0) is 24.9. The van der Waals surface area contributed by atoms with Gasteiger partial charge in [-0.25, -0.2) is 19.7 Å². The van der Waals surface area contributed by atoms with E-state index >= 15 is 0 Å². The van der Waals surface area contributed by atoms with E-state index < -0.39 is 5.41 Å². The number of pyridine rings is 3. The fourth-order valence-electron chi connectivity index (χ4n) is 4.32. The molecular formula is C25H28N6O4. The van der Waals surface area contributed by atoms with E-state index in [1.807, 2.05) is 26.8 Å². The molecule has 0 saturated carbocycles. The van der Waals surface area contributed by atoms with Crippen molar-refractivity contribution in [1.82, 2.24) is 19.9 Å². The number of esters is 1. The van der Waals surface area contributed by atoms with E-state index in [1.54, 1.807) is 36.4 Å². The van der Waals surface area contributed by atoms with Crippen molar-refractivity contribution in [2.75, 3.05) is 25.0 Å². The number of hydrogen-bond donors (Lipinski definition) is 2. The van der Waals surface area contributed by atoms with Gasteiger partial charge in [0.15, 0.2) is 0 Å². The van der Waals surface area contributed by atoms with Gasteiger partial charge in [-0.05, 0) is 36.1 Å². The minimum Gasteiger partial charge on any atom is -0.470 e. The predicted octanol–water partition coefficient (Wildman–Crippen LogP) is 2.85. The van der Waals surface area contributed by atoms with E-state index in [1.165, 1.54) is 0 Å². The molecule has 1 unspecified atom stereocenters. The van der Waals surface area contributed by atoms with Crippen molar-refractivity contribution >= 4 is 34.3 Å². The zero-order valence-corrected chi connectivity index (χ0v) is 20.2. The van der Waals surface area contributed by atoms with Crippen LogP contribution in [0.15, 0.2) is 30.6 Å². The van der Waals surface area contributed by atoms with Gasteiger partial charge < -0.3 is 25.4 Å². The van der Waals surface area contributed by atoms with Crippen molar-refractivity contribution in [2.24, 2.45) is 5.73 Å². The molecule has 10 heteroatoms. The topological polar surface area (TPSA) is 133 Å². The molecule has 2 aliphatic heterocycles. The number of cyclic esters (lactones) is 1. The van der Waals surface area contributed by atoms with E-state index in [-0.39, 0.29) is 30.6 Å². The van der Waals surface area contributed by atoms with Gasteiger partial charge in [0.2, 0.25) is 11.8 Å². The maximum Gasteiger partial charge on any atom is 0.340 e. The van der Waals surface area contributed by atoms with Gasteiger partial charge in [-0.1, -0.05) is 13.8 Å². The molecule has 0 aliphatic carbocycles. The molecule has 5 rings (SSSR count). The van der Waals surface area contributed by atoms with Gasteiger partial charge in [0.1, 0.15) is 24.3 Å². The number of likely N-dealkylation sites (tertiary alicyclic amines) is 1. The third-order valence-electron chi connectivity index (χ3n) is 6.40. The van der Waals surface area contributed by atoms with E-state index in [9.17, 15) is 9.59 Å². The summed E-state index contributed by atoms with van der Waals surface area (Å²) in [6.07, 6.45) is 3.31. The molecular weight excluding hydrogens is 448 g/mol. The van der Waals surface area contributed by atoms with Crippen LogP contribution >= 0.6 is 0 Å². The molecule has 1 saturated heterocycles. The summed E-state index contributed by atoms with van der Waals surface area (Å²) in [6, 6.07) is 5.10. The maximum atomic E-state index is 12.1. The average Bonchev–Trinajstić information content (AvgIpc) is 2.78. The molecule has 3 aromatic heterocycles. The van der Waals surface area contributed by atoms with Crippen molar-refractivity contribution in [3.63, 3.8) is 0 Å². The Bertz CT molecular complexity index is 1330. The smallest absolute Gasteiger partial charge is 0.340 e. The summed E-state index contributed by atoms with van der Waals surface area (Å²) in [4.78, 5) is 39.1. The number of hydrogen-bond acceptors (Lipinski definition) is 9. The predicted molar refractivity (Wildman–Crippen MR) is 130 cm³/mol. The Labute approximate surface area is 202 Å². The Morgan fingerprint density at radius 2 is 2.00 bits per heavy atom. The molecule has 3 N–H and O–H groups in total. The normalized spacial score (nSPS) is 17.9. The second kappa shape index (κ2) is 8.46. The molecule has 182 valence electrons. The van der Waals surface area contributed by atoms with Crippen molar-refractivity contribution < 1.29 is 19.1 Å². The van der Waals surface area contributed by atoms with Crippen LogP contribution in [0, 0.1) is 0 Å². The molecule has 3 aromatic rings. The quantitative estimate of drug-likeness (QED) is 0.533. The highest BCUT2D eigenvalue weighted by Crippen LogP contribution is 2.34. The van der Waals surface area contributed by atoms with Crippen molar-refractivity contribution in [3.8, 4) is 5.88 Å². The number of nitrogens with one attached hydrogen (secondary N) is 1. The van der Waals surface area contributed by atoms with Crippen LogP contribution in [0.5, 0.6) is 5.88 Å². The average molecular weight is 477 g/mol. The first-order chi connectivity index (χ1) is 16.6. The first kappa shape index (κ1) is 23.0. The van der Waals surface area contributed by atoms with Crippen LogP contribution < -0.4 is 15.8 Å². The Kier molecular flexibility index (Phi) is 5.55. The molecule has 1 atom stereocenters. The lowest BCUT2D eigenvalue weighted by molar-refractivity contribution is -0.137. The number of anilines is 2. The van der Waals surface area contributed by atoms with Crippen LogP contribution in [0.25, 0.3) is 10.8 Å². The summed E-state index contributed by atoms with van der Waals surface area (Å²) < 4.78 is 11.3. The van der Waals surface area contributed by atoms with Crippen LogP contribution in [0.1, 0.15) is 55.4 Å². The summed E-state index contributed by atoms with van der Waals surface area (Å²) >= 11 is 0. The van der Waals surface area contributed by atoms with Gasteiger partial charge in [0.25, 0.3) is 0 Å². The minimum atomic E-state index is -0.392. The standard InChI is InChI=1S/C25H28N6O4/c1-13(26)18-8-28-23(35-15-10-31(11-15)14(2)32)19-9-27-21(7-17(18)19)29-20-6-5-16-22(30-20)25(3,4)12-34-24(16)33/h5-9,13,15H,10-12,26H2,1-4H3,(H,27,29,30). The Morgan fingerprint density at radius 1 is 1.23 bits per heavy atom. The van der Waals surface area contributed by atoms with Gasteiger partial charge in [-0.2, -0.15) is 0 Å². The second-order valence-corrected chi connectivity index (χ2v) is 9.76. The fraction of sp³-hybridized carbons (Fsp3) is 0.400. The summed E-state index contributed by atoms with van der Waals surface area (Å²) in [6.45, 7) is 8.78. The molecule has 35 heavy (non-hydrogen) atoms. The minimum absolute atomic E-state index is 0.0309. The number of rotatable bonds is 5. The van der Waals surface area contributed by atoms with Crippen LogP contribution in [0.4, 0.5) is 11.6 Å². The van der Waals surface area contributed by atoms with Gasteiger partial charge in [0.05, 0.1) is 29.7 Å². The Hall–Kier alpha value is -3.79. The number of nitrogens with zero attached hydrogens (tertiary/aromatic N) is 4. The number of fused-ring (bicyclic) bond motifs is 2. The van der Waals surface area contributed by atoms with E-state index in [2.05, 4.69) is 15.3 Å². The number of amides is 1. The van der Waals surface area contributed by atoms with Crippen molar-refractivity contribution in [1.29, 1.82) is 0 Å². The molecule has 1 fully saturated rings. The monoisotopic (exact) mass is 476 g/mol. The van der Waals surface area contributed by atoms with Crippen molar-refractivity contribution in [3.05, 3.63) is 47.4 Å². The maximum absolute atomic E-state index is 12.1. The molecule has 2 aliphatic rings. The molecule has 0 radical (unpaired) electrons. The van der Waals surface area contributed by atoms with Gasteiger partial charge >= 0.3 is 5.97 Å². The zero-order valence-electron chi connectivity index (χ0n) is 20.2. The van der Waals surface area contributed by atoms with E-state index in [0.29, 0.717) is 41.9 Å². The number of carbonyl (C=O) groups excluding carboxylic acids is 2. The lowest BCUT2D eigenvalue weighted by Crippen LogP contribution is -2.55. The van der Waals surface area contributed by atoms with Crippen LogP contribution in [-0.4, -0.2) is 57.5 Å². The summed E-state index contributed by atoms with van der Waals surface area (Å²) in [5, 5.41) is 4.86. The molecule has 10 nitrogen and oxygen atoms in total. The third kappa shape index (κ3) is 4.25. The highest BCUT2D eigenvalue weighted by molar-refractivity contribution is 5.93. The molecule has 0 aromatic carbocycles. The van der Waals surface area contributed by atoms with Crippen LogP contribution in [0.2, 0.25) is 0 Å². The summed E-state index contributed by atoms with van der Waals surface area (Å²) in [5.41, 5.74) is 7.86. The summed E-state index contributed by atoms with van der Waals surface area (Å²) in [5.74, 6) is 1.28. The lowest BCUT2D eigenvalue weighted by atomic mass is 9.85. The first-order valence-corrected chi connectivity index (χ1v) is 11.5. The van der Waals surface area contributed by atoms with Crippen LogP contribution in [-0.2, 0) is 14.9 Å². The third-order valence-corrected chi connectivity index (χ3v) is 6.40. The number of ether oxygens (including phenoxy) is 2. The number of nitrogens with two attached hydrogens (primary N) is 1. The lowest BCUT2D eigenvalue weighted by Gasteiger charge is -2.38. The SMILES string of the molecule is CC(=O)N1CC(Oc2ncc(C(C)N)c3cc(Nc4ccc5c(n4)C(C)(C)COC5=O)ncc23)C1. The Balaban J connectivity index is 1.46. The first-order valence-electron chi connectivity index (χ1n) is 11.5. The van der Waals surface area contributed by atoms with Gasteiger partial charge in [-0.3, -0.25) is 4.79 Å². The molecule has 0 bridgehead atoms. The second-order valence-electron chi connectivity index (χ2n) is 9.76. The van der Waals surface area contributed by atoms with Gasteiger partial charge in [-0.15, -0.1) is 0 Å². The number of aromatic nitrogens is 3. The summed E-state index contributed by atoms with van der Waals surface area (Å²) in [7, 11) is 0. The highest BCUT2D eigenvalue weighted by Gasteiger charge is 2.35. The fourth-order valence-corrected chi connectivity index (χ4v) is 4.32. The number of carbonyl (C=O) groups is 2. The van der Waals surface area contributed by atoms with Crippen molar-refractivity contribution in [2.45, 2.75) is 45.3 Å². The van der Waals surface area contributed by atoms with Crippen LogP contribution in [0.3, 0.4) is 0 Å². The highest BCUT2D eigenvalue weighted by atomic mass is 16.5. The molecule has 1 amide bonds. The van der Waals surface area contributed by atoms with Gasteiger partial charge in [0, 0.05) is 30.8 Å². The van der Waals surface area contributed by atoms with E-state index in [4.69, 9.17) is 20.2 Å². The largest absolute Gasteiger partial charge is 0.470 e. The van der Waals surface area contributed by atoms with E-state index in [0.717, 1.165) is 16.3 Å². The molecule has 5 heterocycles. The molecule has 0 spiro atoms.